The zero-order chi connectivity index (χ0) is 7.78. The number of carbonyl (C=O) groups excluding carboxylic acids is 1. The number of carbonyl (C=O) groups is 1. The minimum absolute atomic E-state index is 0.105. The lowest BCUT2D eigenvalue weighted by Crippen LogP contribution is -2.41. The molecule has 0 aliphatic carbocycles. The Labute approximate surface area is 61.0 Å². The Hall–Kier alpha value is -0.730. The van der Waals surface area contributed by atoms with Crippen molar-refractivity contribution >= 4 is 6.09 Å². The van der Waals surface area contributed by atoms with E-state index in [0.717, 1.165) is 6.54 Å². The minimum atomic E-state index is -0.187. The predicted octanol–water partition coefficient (Wildman–Crippen LogP) is 1.24. The van der Waals surface area contributed by atoms with Crippen molar-refractivity contribution in [3.05, 3.63) is 0 Å². The van der Waals surface area contributed by atoms with Crippen LogP contribution >= 0.6 is 0 Å². The van der Waals surface area contributed by atoms with Gasteiger partial charge in [-0.05, 0) is 20.8 Å². The van der Waals surface area contributed by atoms with Crippen LogP contribution in [-0.2, 0) is 4.74 Å². The number of hydrogen-bond acceptors (Lipinski definition) is 2. The molecule has 1 heterocycles. The molecule has 0 bridgehead atoms. The third kappa shape index (κ3) is 0.958. The zero-order valence-corrected chi connectivity index (χ0v) is 6.68. The highest BCUT2D eigenvalue weighted by Gasteiger charge is 2.38. The normalized spacial score (nSPS) is 23.1. The Bertz CT molecular complexity index is 154. The van der Waals surface area contributed by atoms with Gasteiger partial charge in [-0.15, -0.1) is 0 Å². The van der Waals surface area contributed by atoms with E-state index in [2.05, 4.69) is 0 Å². The summed E-state index contributed by atoms with van der Waals surface area (Å²) in [6, 6.07) is 0. The summed E-state index contributed by atoms with van der Waals surface area (Å²) in [4.78, 5) is 12.7. The average Bonchev–Trinajstić information content (AvgIpc) is 2.07. The smallest absolute Gasteiger partial charge is 0.410 e. The van der Waals surface area contributed by atoms with Gasteiger partial charge in [-0.1, -0.05) is 0 Å². The van der Waals surface area contributed by atoms with E-state index in [-0.39, 0.29) is 11.6 Å². The number of cyclic esters (lactones) is 1. The maximum atomic E-state index is 10.9. The molecule has 0 spiro atoms. The van der Waals surface area contributed by atoms with Crippen molar-refractivity contribution in [2.75, 3.05) is 13.2 Å². The Balaban J connectivity index is 2.73. The van der Waals surface area contributed by atoms with Crippen LogP contribution in [0.3, 0.4) is 0 Å². The molecule has 0 saturated carbocycles. The van der Waals surface area contributed by atoms with Gasteiger partial charge in [-0.3, -0.25) is 4.90 Å². The standard InChI is InChI=1S/C7H13NO2/c1-4-8-6(9)10-5-7(8,2)3/h4-5H2,1-3H3. The summed E-state index contributed by atoms with van der Waals surface area (Å²) in [5, 5.41) is 0. The molecule has 0 N–H and O–H groups in total. The second kappa shape index (κ2) is 2.15. The first-order valence-electron chi connectivity index (χ1n) is 3.52. The molecule has 3 nitrogen and oxygen atoms in total. The molecular formula is C7H13NO2. The number of ether oxygens (including phenoxy) is 1. The van der Waals surface area contributed by atoms with Crippen molar-refractivity contribution in [2.45, 2.75) is 26.3 Å². The minimum Gasteiger partial charge on any atom is -0.447 e. The van der Waals surface area contributed by atoms with Gasteiger partial charge >= 0.3 is 6.09 Å². The molecule has 10 heavy (non-hydrogen) atoms. The number of nitrogens with zero attached hydrogens (tertiary/aromatic N) is 1. The van der Waals surface area contributed by atoms with Gasteiger partial charge in [-0.2, -0.15) is 0 Å². The van der Waals surface area contributed by atoms with Gasteiger partial charge < -0.3 is 4.74 Å². The molecule has 1 rings (SSSR count). The van der Waals surface area contributed by atoms with Crippen molar-refractivity contribution in [2.24, 2.45) is 0 Å². The molecule has 1 aliphatic rings. The van der Waals surface area contributed by atoms with E-state index < -0.39 is 0 Å². The molecule has 1 fully saturated rings. The summed E-state index contributed by atoms with van der Waals surface area (Å²) in [5.41, 5.74) is -0.105. The van der Waals surface area contributed by atoms with Crippen LogP contribution in [0.2, 0.25) is 0 Å². The van der Waals surface area contributed by atoms with Crippen LogP contribution in [-0.4, -0.2) is 29.7 Å². The molecule has 0 aromatic rings. The summed E-state index contributed by atoms with van der Waals surface area (Å²) < 4.78 is 4.86. The number of rotatable bonds is 1. The van der Waals surface area contributed by atoms with Crippen molar-refractivity contribution in [1.29, 1.82) is 0 Å². The zero-order valence-electron chi connectivity index (χ0n) is 6.68. The second-order valence-electron chi connectivity index (χ2n) is 3.11. The van der Waals surface area contributed by atoms with E-state index in [0.29, 0.717) is 6.61 Å². The Morgan fingerprint density at radius 1 is 1.70 bits per heavy atom. The molecular weight excluding hydrogens is 130 g/mol. The van der Waals surface area contributed by atoms with Gasteiger partial charge in [0.1, 0.15) is 6.61 Å². The third-order valence-corrected chi connectivity index (χ3v) is 1.82. The Morgan fingerprint density at radius 2 is 2.30 bits per heavy atom. The predicted molar refractivity (Wildman–Crippen MR) is 37.8 cm³/mol. The first-order chi connectivity index (χ1) is 4.58. The lowest BCUT2D eigenvalue weighted by Gasteiger charge is -2.25. The maximum absolute atomic E-state index is 10.9. The van der Waals surface area contributed by atoms with Crippen molar-refractivity contribution < 1.29 is 9.53 Å². The van der Waals surface area contributed by atoms with E-state index in [4.69, 9.17) is 4.74 Å². The highest BCUT2D eigenvalue weighted by molar-refractivity contribution is 5.70. The first-order valence-corrected chi connectivity index (χ1v) is 3.52. The van der Waals surface area contributed by atoms with E-state index in [9.17, 15) is 4.79 Å². The maximum Gasteiger partial charge on any atom is 0.410 e. The van der Waals surface area contributed by atoms with Crippen molar-refractivity contribution in [3.63, 3.8) is 0 Å². The van der Waals surface area contributed by atoms with Crippen LogP contribution < -0.4 is 0 Å². The van der Waals surface area contributed by atoms with Gasteiger partial charge in [0.05, 0.1) is 5.54 Å². The largest absolute Gasteiger partial charge is 0.447 e. The highest BCUT2D eigenvalue weighted by atomic mass is 16.6. The van der Waals surface area contributed by atoms with E-state index in [1.165, 1.54) is 0 Å². The van der Waals surface area contributed by atoms with Crippen LogP contribution in [0.1, 0.15) is 20.8 Å². The van der Waals surface area contributed by atoms with Gasteiger partial charge in [0.15, 0.2) is 0 Å². The summed E-state index contributed by atoms with van der Waals surface area (Å²) >= 11 is 0. The van der Waals surface area contributed by atoms with Gasteiger partial charge in [0.2, 0.25) is 0 Å². The topological polar surface area (TPSA) is 29.5 Å². The fraction of sp³-hybridized carbons (Fsp3) is 0.857. The quantitative estimate of drug-likeness (QED) is 0.552. The Morgan fingerprint density at radius 3 is 2.50 bits per heavy atom. The van der Waals surface area contributed by atoms with Crippen LogP contribution in [0, 0.1) is 0 Å². The van der Waals surface area contributed by atoms with Gasteiger partial charge in [-0.25, -0.2) is 4.79 Å². The molecule has 0 aromatic carbocycles. The van der Waals surface area contributed by atoms with Crippen LogP contribution in [0.15, 0.2) is 0 Å². The second-order valence-corrected chi connectivity index (χ2v) is 3.11. The SMILES string of the molecule is CCN1C(=O)OCC1(C)C. The molecule has 3 heteroatoms. The first kappa shape index (κ1) is 7.38. The molecule has 0 unspecified atom stereocenters. The molecule has 1 saturated heterocycles. The molecule has 1 aliphatic heterocycles. The average molecular weight is 143 g/mol. The summed E-state index contributed by atoms with van der Waals surface area (Å²) in [6.45, 7) is 7.20. The van der Waals surface area contributed by atoms with Gasteiger partial charge in [0.25, 0.3) is 0 Å². The van der Waals surface area contributed by atoms with Crippen molar-refractivity contribution in [3.8, 4) is 0 Å². The Kier molecular flexibility index (Phi) is 1.58. The van der Waals surface area contributed by atoms with Gasteiger partial charge in [0, 0.05) is 6.54 Å². The number of likely N-dealkylation sites (N-methyl/N-ethyl adjacent to an activating group) is 1. The van der Waals surface area contributed by atoms with Crippen molar-refractivity contribution in [1.82, 2.24) is 4.90 Å². The lowest BCUT2D eigenvalue weighted by molar-refractivity contribution is 0.157. The van der Waals surface area contributed by atoms with Crippen LogP contribution in [0.5, 0.6) is 0 Å². The van der Waals surface area contributed by atoms with E-state index in [1.54, 1.807) is 4.90 Å². The monoisotopic (exact) mass is 143 g/mol. The summed E-state index contributed by atoms with van der Waals surface area (Å²) in [6.07, 6.45) is -0.187. The molecule has 1 amide bonds. The van der Waals surface area contributed by atoms with E-state index >= 15 is 0 Å². The van der Waals surface area contributed by atoms with E-state index in [1.807, 2.05) is 20.8 Å². The fourth-order valence-electron chi connectivity index (χ4n) is 1.20. The molecule has 0 atom stereocenters. The third-order valence-electron chi connectivity index (χ3n) is 1.82. The number of amides is 1. The summed E-state index contributed by atoms with van der Waals surface area (Å²) in [7, 11) is 0. The lowest BCUT2D eigenvalue weighted by atomic mass is 10.1. The van der Waals surface area contributed by atoms with Crippen LogP contribution in [0.4, 0.5) is 4.79 Å². The highest BCUT2D eigenvalue weighted by Crippen LogP contribution is 2.22. The fourth-order valence-corrected chi connectivity index (χ4v) is 1.20. The molecule has 58 valence electrons. The van der Waals surface area contributed by atoms with Crippen LogP contribution in [0.25, 0.3) is 0 Å². The molecule has 0 aromatic heterocycles. The molecule has 0 radical (unpaired) electrons. The summed E-state index contributed by atoms with van der Waals surface area (Å²) in [5.74, 6) is 0. The number of hydrogen-bond donors (Lipinski definition) is 0.